The first-order valence-corrected chi connectivity index (χ1v) is 9.60. The van der Waals surface area contributed by atoms with Gasteiger partial charge in [-0.2, -0.15) is 4.80 Å². The number of nitrogens with one attached hydrogen (secondary N) is 1. The largest absolute Gasteiger partial charge is 0.324 e. The van der Waals surface area contributed by atoms with Crippen LogP contribution in [0.2, 0.25) is 5.02 Å². The lowest BCUT2D eigenvalue weighted by Gasteiger charge is -2.31. The summed E-state index contributed by atoms with van der Waals surface area (Å²) in [5.41, 5.74) is 0.697. The number of amides is 2. The third-order valence-corrected chi connectivity index (χ3v) is 5.42. The molecule has 1 N–H and O–H groups in total. The van der Waals surface area contributed by atoms with E-state index in [1.807, 2.05) is 29.6 Å². The number of hydrogen-bond donors (Lipinski definition) is 1. The van der Waals surface area contributed by atoms with E-state index in [-0.39, 0.29) is 12.1 Å². The average molecular weight is 389 g/mol. The van der Waals surface area contributed by atoms with Gasteiger partial charge in [0.25, 0.3) is 0 Å². The van der Waals surface area contributed by atoms with Gasteiger partial charge >= 0.3 is 6.03 Å². The molecule has 0 radical (unpaired) electrons. The van der Waals surface area contributed by atoms with Crippen molar-refractivity contribution < 1.29 is 4.79 Å². The zero-order chi connectivity index (χ0) is 17.9. The lowest BCUT2D eigenvalue weighted by Crippen LogP contribution is -2.41. The van der Waals surface area contributed by atoms with Crippen LogP contribution in [0.5, 0.6) is 0 Å². The second-order valence-corrected chi connectivity index (χ2v) is 7.45. The van der Waals surface area contributed by atoms with Crippen molar-refractivity contribution >= 4 is 34.7 Å². The summed E-state index contributed by atoms with van der Waals surface area (Å²) < 4.78 is 0. The van der Waals surface area contributed by atoms with Gasteiger partial charge in [0.1, 0.15) is 0 Å². The van der Waals surface area contributed by atoms with Gasteiger partial charge in [0.05, 0.1) is 10.9 Å². The van der Waals surface area contributed by atoms with Gasteiger partial charge in [0.2, 0.25) is 5.82 Å². The van der Waals surface area contributed by atoms with E-state index in [0.29, 0.717) is 29.6 Å². The number of carbonyl (C=O) groups is 1. The maximum atomic E-state index is 12.4. The molecule has 1 aliphatic rings. The first-order valence-electron chi connectivity index (χ1n) is 8.34. The lowest BCUT2D eigenvalue weighted by atomic mass is 10.1. The van der Waals surface area contributed by atoms with E-state index in [0.717, 1.165) is 17.7 Å². The number of piperidine rings is 1. The van der Waals surface area contributed by atoms with Gasteiger partial charge in [-0.15, -0.1) is 21.5 Å². The minimum Gasteiger partial charge on any atom is -0.324 e. The van der Waals surface area contributed by atoms with E-state index >= 15 is 0 Å². The molecule has 2 aromatic heterocycles. The Hall–Kier alpha value is -2.45. The van der Waals surface area contributed by atoms with Crippen molar-refractivity contribution in [3.63, 3.8) is 0 Å². The molecule has 4 rings (SSSR count). The van der Waals surface area contributed by atoms with E-state index in [9.17, 15) is 4.79 Å². The van der Waals surface area contributed by atoms with Crippen molar-refractivity contribution in [3.8, 4) is 10.7 Å². The molecular weight excluding hydrogens is 372 g/mol. The van der Waals surface area contributed by atoms with Crippen LogP contribution in [0.4, 0.5) is 10.5 Å². The number of carbonyl (C=O) groups excluding carboxylic acids is 1. The molecule has 7 nitrogen and oxygen atoms in total. The molecule has 2 amide bonds. The monoisotopic (exact) mass is 388 g/mol. The normalized spacial score (nSPS) is 15.2. The quantitative estimate of drug-likeness (QED) is 0.737. The number of thiophene rings is 1. The van der Waals surface area contributed by atoms with Crippen molar-refractivity contribution in [1.29, 1.82) is 0 Å². The highest BCUT2D eigenvalue weighted by Crippen LogP contribution is 2.24. The molecule has 1 aromatic carbocycles. The molecule has 134 valence electrons. The number of anilines is 1. The highest BCUT2D eigenvalue weighted by Gasteiger charge is 2.25. The van der Waals surface area contributed by atoms with Crippen LogP contribution in [0.3, 0.4) is 0 Å². The molecular formula is C17H17ClN6OS. The Balaban J connectivity index is 1.34. The number of halogens is 1. The van der Waals surface area contributed by atoms with Crippen molar-refractivity contribution in [2.75, 3.05) is 18.4 Å². The first kappa shape index (κ1) is 17.0. The van der Waals surface area contributed by atoms with Crippen molar-refractivity contribution in [3.05, 3.63) is 46.8 Å². The Morgan fingerprint density at radius 2 is 2.08 bits per heavy atom. The summed E-state index contributed by atoms with van der Waals surface area (Å²) in [4.78, 5) is 16.9. The Bertz CT molecular complexity index is 888. The summed E-state index contributed by atoms with van der Waals surface area (Å²) >= 11 is 7.55. The van der Waals surface area contributed by atoms with Crippen molar-refractivity contribution in [1.82, 2.24) is 25.1 Å². The summed E-state index contributed by atoms with van der Waals surface area (Å²) in [7, 11) is 0. The Labute approximate surface area is 159 Å². The van der Waals surface area contributed by atoms with E-state index in [4.69, 9.17) is 11.6 Å². The molecule has 3 aromatic rings. The van der Waals surface area contributed by atoms with Gasteiger partial charge in [0, 0.05) is 23.8 Å². The van der Waals surface area contributed by atoms with Crippen LogP contribution in [0.25, 0.3) is 10.7 Å². The number of likely N-dealkylation sites (tertiary alicyclic amines) is 1. The summed E-state index contributed by atoms with van der Waals surface area (Å²) in [6.07, 6.45) is 1.59. The van der Waals surface area contributed by atoms with Crippen molar-refractivity contribution in [2.24, 2.45) is 0 Å². The number of nitrogens with zero attached hydrogens (tertiary/aromatic N) is 5. The van der Waals surface area contributed by atoms with E-state index in [1.165, 1.54) is 0 Å². The topological polar surface area (TPSA) is 75.9 Å². The van der Waals surface area contributed by atoms with Gasteiger partial charge in [0.15, 0.2) is 0 Å². The van der Waals surface area contributed by atoms with Gasteiger partial charge < -0.3 is 10.2 Å². The molecule has 0 saturated carbocycles. The second-order valence-electron chi connectivity index (χ2n) is 6.07. The van der Waals surface area contributed by atoms with Crippen LogP contribution in [0.15, 0.2) is 41.8 Å². The maximum absolute atomic E-state index is 12.4. The number of urea groups is 1. The molecule has 3 heterocycles. The minimum absolute atomic E-state index is 0.114. The van der Waals surface area contributed by atoms with E-state index in [2.05, 4.69) is 20.7 Å². The summed E-state index contributed by atoms with van der Waals surface area (Å²) in [5.74, 6) is 0.654. The highest BCUT2D eigenvalue weighted by molar-refractivity contribution is 7.13. The molecule has 0 aliphatic carbocycles. The third kappa shape index (κ3) is 3.71. The summed E-state index contributed by atoms with van der Waals surface area (Å²) in [6.45, 7) is 1.29. The number of hydrogen-bond acceptors (Lipinski definition) is 5. The molecule has 1 saturated heterocycles. The molecule has 1 aliphatic heterocycles. The molecule has 26 heavy (non-hydrogen) atoms. The molecule has 0 spiro atoms. The SMILES string of the molecule is O=C(Nc1cccc(Cl)c1)N1CCC(n2nnc(-c3cccs3)n2)CC1. The molecule has 0 bridgehead atoms. The predicted octanol–water partition coefficient (Wildman–Crippen LogP) is 3.92. The molecule has 0 atom stereocenters. The van der Waals surface area contributed by atoms with Crippen LogP contribution in [-0.4, -0.2) is 44.2 Å². The van der Waals surface area contributed by atoms with Crippen LogP contribution in [0, 0.1) is 0 Å². The predicted molar refractivity (Wildman–Crippen MR) is 101 cm³/mol. The third-order valence-electron chi connectivity index (χ3n) is 4.32. The standard InChI is InChI=1S/C17H17ClN6OS/c18-12-3-1-4-13(11-12)19-17(25)23-8-6-14(7-9-23)24-21-16(20-22-24)15-5-2-10-26-15/h1-5,10-11,14H,6-9H2,(H,19,25). The molecule has 1 fully saturated rings. The zero-order valence-corrected chi connectivity index (χ0v) is 15.5. The van der Waals surface area contributed by atoms with Gasteiger partial charge in [-0.25, -0.2) is 4.79 Å². The smallest absolute Gasteiger partial charge is 0.321 e. The number of rotatable bonds is 3. The van der Waals surface area contributed by atoms with Crippen LogP contribution in [-0.2, 0) is 0 Å². The summed E-state index contributed by atoms with van der Waals surface area (Å²) in [6, 6.07) is 11.1. The van der Waals surface area contributed by atoms with E-state index < -0.39 is 0 Å². The Morgan fingerprint density at radius 1 is 1.23 bits per heavy atom. The number of tetrazole rings is 1. The summed E-state index contributed by atoms with van der Waals surface area (Å²) in [5, 5.41) is 18.3. The maximum Gasteiger partial charge on any atom is 0.321 e. The second kappa shape index (κ2) is 7.43. The Morgan fingerprint density at radius 3 is 2.81 bits per heavy atom. The van der Waals surface area contributed by atoms with Crippen LogP contribution >= 0.6 is 22.9 Å². The molecule has 0 unspecified atom stereocenters. The lowest BCUT2D eigenvalue weighted by molar-refractivity contribution is 0.175. The van der Waals surface area contributed by atoms with Gasteiger partial charge in [-0.05, 0) is 47.7 Å². The highest BCUT2D eigenvalue weighted by atomic mass is 35.5. The van der Waals surface area contributed by atoms with Gasteiger partial charge in [-0.3, -0.25) is 0 Å². The number of aromatic nitrogens is 4. The fourth-order valence-corrected chi connectivity index (χ4v) is 3.79. The average Bonchev–Trinajstić information content (AvgIpc) is 3.33. The first-order chi connectivity index (χ1) is 12.7. The fraction of sp³-hybridized carbons (Fsp3) is 0.294. The van der Waals surface area contributed by atoms with Crippen LogP contribution < -0.4 is 5.32 Å². The molecule has 9 heteroatoms. The fourth-order valence-electron chi connectivity index (χ4n) is 2.95. The Kier molecular flexibility index (Phi) is 4.85. The van der Waals surface area contributed by atoms with Crippen molar-refractivity contribution in [2.45, 2.75) is 18.9 Å². The van der Waals surface area contributed by atoms with Gasteiger partial charge in [-0.1, -0.05) is 23.7 Å². The number of benzene rings is 1. The van der Waals surface area contributed by atoms with E-state index in [1.54, 1.807) is 33.2 Å². The minimum atomic E-state index is -0.114. The van der Waals surface area contributed by atoms with Crippen LogP contribution in [0.1, 0.15) is 18.9 Å². The zero-order valence-electron chi connectivity index (χ0n) is 13.9.